The lowest BCUT2D eigenvalue weighted by atomic mass is 10.2. The Hall–Kier alpha value is -0.490. The largest absolute Gasteiger partial charge is 0.389 e. The van der Waals surface area contributed by atoms with Crippen molar-refractivity contribution in [2.75, 3.05) is 19.8 Å². The van der Waals surface area contributed by atoms with E-state index in [4.69, 9.17) is 4.74 Å². The fourth-order valence-electron chi connectivity index (χ4n) is 1.59. The molecule has 1 aromatic rings. The summed E-state index contributed by atoms with van der Waals surface area (Å²) in [5.41, 5.74) is 0. The van der Waals surface area contributed by atoms with E-state index < -0.39 is 6.10 Å². The molecule has 104 valence electrons. The van der Waals surface area contributed by atoms with E-state index in [-0.39, 0.29) is 6.04 Å². The highest BCUT2D eigenvalue weighted by Gasteiger charge is 2.13. The van der Waals surface area contributed by atoms with Gasteiger partial charge in [0, 0.05) is 24.7 Å². The van der Waals surface area contributed by atoms with Crippen LogP contribution in [-0.2, 0) is 4.74 Å². The molecule has 0 bridgehead atoms. The molecule has 18 heavy (non-hydrogen) atoms. The molecule has 1 rings (SSSR count). The zero-order valence-electron chi connectivity index (χ0n) is 11.4. The minimum atomic E-state index is -0.460. The van der Waals surface area contributed by atoms with Crippen LogP contribution in [0.3, 0.4) is 0 Å². The molecule has 0 aliphatic carbocycles. The molecule has 0 aliphatic heterocycles. The van der Waals surface area contributed by atoms with Crippen molar-refractivity contribution in [2.24, 2.45) is 5.92 Å². The van der Waals surface area contributed by atoms with E-state index in [9.17, 15) is 5.11 Å². The Morgan fingerprint density at radius 2 is 2.22 bits per heavy atom. The van der Waals surface area contributed by atoms with Crippen molar-refractivity contribution in [1.82, 2.24) is 10.3 Å². The molecule has 0 aliphatic rings. The van der Waals surface area contributed by atoms with Gasteiger partial charge in [-0.05, 0) is 12.3 Å². The first-order valence-electron chi connectivity index (χ1n) is 6.52. The first-order chi connectivity index (χ1) is 8.63. The van der Waals surface area contributed by atoms with Crippen LogP contribution in [-0.4, -0.2) is 36.0 Å². The summed E-state index contributed by atoms with van der Waals surface area (Å²) in [5.74, 6) is 0.504. The van der Waals surface area contributed by atoms with Crippen molar-refractivity contribution in [3.63, 3.8) is 0 Å². The molecule has 1 heterocycles. The van der Waals surface area contributed by atoms with Crippen LogP contribution in [0.4, 0.5) is 0 Å². The van der Waals surface area contributed by atoms with Gasteiger partial charge >= 0.3 is 0 Å². The summed E-state index contributed by atoms with van der Waals surface area (Å²) in [6.45, 7) is 7.93. The number of nitrogens with zero attached hydrogens (tertiary/aromatic N) is 1. The molecule has 0 amide bonds. The van der Waals surface area contributed by atoms with E-state index in [0.717, 1.165) is 11.4 Å². The number of hydrogen-bond donors (Lipinski definition) is 2. The number of thiazole rings is 1. The quantitative estimate of drug-likeness (QED) is 0.724. The number of hydrogen-bond acceptors (Lipinski definition) is 5. The predicted molar refractivity (Wildman–Crippen MR) is 74.8 cm³/mol. The highest BCUT2D eigenvalue weighted by molar-refractivity contribution is 7.09. The van der Waals surface area contributed by atoms with E-state index in [1.165, 1.54) is 0 Å². The maximum absolute atomic E-state index is 9.80. The predicted octanol–water partition coefficient (Wildman–Crippen LogP) is 2.22. The minimum Gasteiger partial charge on any atom is -0.389 e. The molecule has 1 aromatic heterocycles. The van der Waals surface area contributed by atoms with Crippen molar-refractivity contribution in [3.8, 4) is 0 Å². The number of aliphatic hydroxyl groups excluding tert-OH is 1. The molecule has 0 fully saturated rings. The van der Waals surface area contributed by atoms with E-state index in [1.807, 2.05) is 11.6 Å². The lowest BCUT2D eigenvalue weighted by molar-refractivity contribution is 0.0249. The van der Waals surface area contributed by atoms with Gasteiger partial charge in [-0.15, -0.1) is 11.3 Å². The normalized spacial score (nSPS) is 14.9. The van der Waals surface area contributed by atoms with Crippen LogP contribution in [0, 0.1) is 5.92 Å². The molecule has 2 atom stereocenters. The highest BCUT2D eigenvalue weighted by atomic mass is 32.1. The number of aromatic nitrogens is 1. The summed E-state index contributed by atoms with van der Waals surface area (Å²) >= 11 is 1.64. The van der Waals surface area contributed by atoms with Crippen LogP contribution < -0.4 is 5.32 Å². The minimum absolute atomic E-state index is 0.227. The van der Waals surface area contributed by atoms with Crippen LogP contribution in [0.15, 0.2) is 11.6 Å². The van der Waals surface area contributed by atoms with E-state index >= 15 is 0 Å². The standard InChI is InChI=1S/C13H24N2O2S/c1-4-12(13-14-5-6-18-13)15-7-11(16)9-17-8-10(2)3/h5-6,10-12,15-16H,4,7-9H2,1-3H3. The Kier molecular flexibility index (Phi) is 7.42. The summed E-state index contributed by atoms with van der Waals surface area (Å²) in [6.07, 6.45) is 2.32. The third-order valence-electron chi connectivity index (χ3n) is 2.52. The third-order valence-corrected chi connectivity index (χ3v) is 3.41. The topological polar surface area (TPSA) is 54.4 Å². The van der Waals surface area contributed by atoms with Gasteiger partial charge in [-0.3, -0.25) is 0 Å². The Morgan fingerprint density at radius 1 is 1.44 bits per heavy atom. The average Bonchev–Trinajstić information content (AvgIpc) is 2.83. The van der Waals surface area contributed by atoms with Gasteiger partial charge in [-0.2, -0.15) is 0 Å². The molecule has 4 nitrogen and oxygen atoms in total. The number of nitrogens with one attached hydrogen (secondary N) is 1. The summed E-state index contributed by atoms with van der Waals surface area (Å²) in [6, 6.07) is 0.227. The van der Waals surface area contributed by atoms with Crippen LogP contribution in [0.5, 0.6) is 0 Å². The molecule has 0 aromatic carbocycles. The summed E-state index contributed by atoms with van der Waals surface area (Å²) in [7, 11) is 0. The maximum Gasteiger partial charge on any atom is 0.109 e. The van der Waals surface area contributed by atoms with Crippen LogP contribution >= 0.6 is 11.3 Å². The Bertz CT molecular complexity index is 304. The Labute approximate surface area is 113 Å². The fraction of sp³-hybridized carbons (Fsp3) is 0.769. The molecule has 2 N–H and O–H groups in total. The Balaban J connectivity index is 2.22. The van der Waals surface area contributed by atoms with Gasteiger partial charge in [0.1, 0.15) is 5.01 Å². The Morgan fingerprint density at radius 3 is 2.78 bits per heavy atom. The second kappa shape index (κ2) is 8.58. The SMILES string of the molecule is CCC(NCC(O)COCC(C)C)c1nccs1. The highest BCUT2D eigenvalue weighted by Crippen LogP contribution is 2.18. The lowest BCUT2D eigenvalue weighted by Crippen LogP contribution is -2.33. The first kappa shape index (κ1) is 15.6. The van der Waals surface area contributed by atoms with E-state index in [0.29, 0.717) is 25.7 Å². The van der Waals surface area contributed by atoms with Crippen molar-refractivity contribution >= 4 is 11.3 Å². The first-order valence-corrected chi connectivity index (χ1v) is 7.40. The van der Waals surface area contributed by atoms with Gasteiger partial charge in [-0.25, -0.2) is 4.98 Å². The van der Waals surface area contributed by atoms with Crippen molar-refractivity contribution in [2.45, 2.75) is 39.3 Å². The third kappa shape index (κ3) is 5.91. The van der Waals surface area contributed by atoms with Gasteiger partial charge in [0.25, 0.3) is 0 Å². The van der Waals surface area contributed by atoms with E-state index in [1.54, 1.807) is 11.3 Å². The van der Waals surface area contributed by atoms with Crippen molar-refractivity contribution in [1.29, 1.82) is 0 Å². The van der Waals surface area contributed by atoms with Gasteiger partial charge < -0.3 is 15.2 Å². The summed E-state index contributed by atoms with van der Waals surface area (Å²) < 4.78 is 5.41. The number of rotatable bonds is 9. The van der Waals surface area contributed by atoms with Gasteiger partial charge in [0.15, 0.2) is 0 Å². The number of ether oxygens (including phenoxy) is 1. The molecular formula is C13H24N2O2S. The molecule has 0 saturated carbocycles. The number of aliphatic hydroxyl groups is 1. The van der Waals surface area contributed by atoms with E-state index in [2.05, 4.69) is 31.1 Å². The summed E-state index contributed by atoms with van der Waals surface area (Å²) in [5, 5.41) is 16.2. The average molecular weight is 272 g/mol. The van der Waals surface area contributed by atoms with Crippen LogP contribution in [0.1, 0.15) is 38.2 Å². The van der Waals surface area contributed by atoms with Crippen molar-refractivity contribution < 1.29 is 9.84 Å². The van der Waals surface area contributed by atoms with Crippen LogP contribution in [0.25, 0.3) is 0 Å². The summed E-state index contributed by atoms with van der Waals surface area (Å²) in [4.78, 5) is 4.29. The molecule has 2 unspecified atom stereocenters. The second-order valence-electron chi connectivity index (χ2n) is 4.82. The second-order valence-corrected chi connectivity index (χ2v) is 5.75. The van der Waals surface area contributed by atoms with Gasteiger partial charge in [0.2, 0.25) is 0 Å². The van der Waals surface area contributed by atoms with Crippen LogP contribution in [0.2, 0.25) is 0 Å². The van der Waals surface area contributed by atoms with Gasteiger partial charge in [0.05, 0.1) is 18.8 Å². The molecule has 0 radical (unpaired) electrons. The molecule has 5 heteroatoms. The molecule has 0 saturated heterocycles. The lowest BCUT2D eigenvalue weighted by Gasteiger charge is -2.18. The van der Waals surface area contributed by atoms with Crippen molar-refractivity contribution in [3.05, 3.63) is 16.6 Å². The monoisotopic (exact) mass is 272 g/mol. The molecule has 0 spiro atoms. The fourth-order valence-corrected chi connectivity index (χ4v) is 2.39. The van der Waals surface area contributed by atoms with Gasteiger partial charge in [-0.1, -0.05) is 20.8 Å². The molecular weight excluding hydrogens is 248 g/mol. The smallest absolute Gasteiger partial charge is 0.109 e. The zero-order chi connectivity index (χ0) is 13.4. The maximum atomic E-state index is 9.80. The zero-order valence-corrected chi connectivity index (χ0v) is 12.2.